The van der Waals surface area contributed by atoms with Gasteiger partial charge in [-0.05, 0) is 34.7 Å². The molecule has 0 aliphatic rings. The summed E-state index contributed by atoms with van der Waals surface area (Å²) in [6.07, 6.45) is 0. The molecule has 2 aromatic rings. The highest BCUT2D eigenvalue weighted by molar-refractivity contribution is 5.54. The Labute approximate surface area is 68.1 Å². The van der Waals surface area contributed by atoms with E-state index in [1.165, 1.54) is 12.1 Å². The molecule has 0 aliphatic carbocycles. The average molecular weight is 161 g/mol. The van der Waals surface area contributed by atoms with Crippen molar-refractivity contribution < 1.29 is 5.11 Å². The van der Waals surface area contributed by atoms with Gasteiger partial charge in [0.1, 0.15) is 0 Å². The normalized spacial score (nSPS) is 10.0. The third kappa shape index (κ3) is 1.12. The van der Waals surface area contributed by atoms with Crippen LogP contribution in [-0.4, -0.2) is 20.6 Å². The first-order valence-corrected chi connectivity index (χ1v) is 3.37. The first-order chi connectivity index (χ1) is 5.86. The van der Waals surface area contributed by atoms with Gasteiger partial charge in [-0.25, -0.2) is 5.10 Å². The van der Waals surface area contributed by atoms with Crippen LogP contribution in [0.5, 0.6) is 5.75 Å². The summed E-state index contributed by atoms with van der Waals surface area (Å²) in [6.45, 7) is 0. The highest BCUT2D eigenvalue weighted by Crippen LogP contribution is 2.16. The molecule has 1 N–H and O–H groups in total. The fourth-order valence-electron chi connectivity index (χ4n) is 0.894. The van der Waals surface area contributed by atoms with Gasteiger partial charge in [-0.2, -0.15) is 0 Å². The Morgan fingerprint density at radius 3 is 2.50 bits per heavy atom. The molecule has 5 heteroatoms. The third-order valence-electron chi connectivity index (χ3n) is 1.47. The van der Waals surface area contributed by atoms with E-state index in [0.29, 0.717) is 5.82 Å². The lowest BCUT2D eigenvalue weighted by atomic mass is 10.2. The molecule has 5 nitrogen and oxygen atoms in total. The molecule has 0 aliphatic heterocycles. The van der Waals surface area contributed by atoms with Crippen molar-refractivity contribution in [1.29, 1.82) is 0 Å². The van der Waals surface area contributed by atoms with Gasteiger partial charge in [0.15, 0.2) is 11.6 Å². The van der Waals surface area contributed by atoms with E-state index in [-0.39, 0.29) is 5.75 Å². The molecule has 0 unspecified atom stereocenters. The predicted octanol–water partition coefficient (Wildman–Crippen LogP) is 1.01. The lowest BCUT2D eigenvalue weighted by molar-refractivity contribution is 0.355. The van der Waals surface area contributed by atoms with Crippen LogP contribution in [0, 0.1) is 0 Å². The Morgan fingerprint density at radius 2 is 1.92 bits per heavy atom. The number of nitrogens with one attached hydrogen (secondary N) is 1. The molecule has 0 amide bonds. The van der Waals surface area contributed by atoms with E-state index in [9.17, 15) is 5.11 Å². The maximum absolute atomic E-state index is 10.7. The average Bonchev–Trinajstić information content (AvgIpc) is 2.58. The van der Waals surface area contributed by atoms with Crippen LogP contribution in [0.2, 0.25) is 0 Å². The van der Waals surface area contributed by atoms with Gasteiger partial charge in [-0.3, -0.25) is 5.11 Å². The van der Waals surface area contributed by atoms with Crippen molar-refractivity contribution in [3.63, 3.8) is 0 Å². The number of hydrogen-bond donors (Lipinski definition) is 1. The molecule has 0 spiro atoms. The summed E-state index contributed by atoms with van der Waals surface area (Å²) in [4.78, 5) is 0. The van der Waals surface area contributed by atoms with Gasteiger partial charge in [-0.1, -0.05) is 0 Å². The SMILES string of the molecule is [O]c1ccc(-c2nnn[nH]2)cc1. The van der Waals surface area contributed by atoms with Crippen molar-refractivity contribution in [3.8, 4) is 17.1 Å². The maximum Gasteiger partial charge on any atom is 0.179 e. The predicted molar refractivity (Wildman–Crippen MR) is 39.7 cm³/mol. The highest BCUT2D eigenvalue weighted by atomic mass is 16.3. The van der Waals surface area contributed by atoms with E-state index in [1.54, 1.807) is 12.1 Å². The number of aromatic amines is 1. The van der Waals surface area contributed by atoms with Crippen LogP contribution in [0.25, 0.3) is 11.4 Å². The van der Waals surface area contributed by atoms with Gasteiger partial charge < -0.3 is 0 Å². The Balaban J connectivity index is 2.43. The van der Waals surface area contributed by atoms with E-state index >= 15 is 0 Å². The molecule has 0 saturated carbocycles. The monoisotopic (exact) mass is 161 g/mol. The molecule has 1 aromatic carbocycles. The first-order valence-electron chi connectivity index (χ1n) is 3.37. The van der Waals surface area contributed by atoms with Gasteiger partial charge in [0.05, 0.1) is 0 Å². The number of nitrogens with zero attached hydrogens (tertiary/aromatic N) is 3. The lowest BCUT2D eigenvalue weighted by Crippen LogP contribution is -1.79. The zero-order valence-corrected chi connectivity index (χ0v) is 6.06. The highest BCUT2D eigenvalue weighted by Gasteiger charge is 2.00. The van der Waals surface area contributed by atoms with Crippen LogP contribution < -0.4 is 0 Å². The molecule has 1 heterocycles. The minimum Gasteiger partial charge on any atom is -0.290 e. The maximum atomic E-state index is 10.7. The molecule has 12 heavy (non-hydrogen) atoms. The second kappa shape index (κ2) is 2.61. The Bertz CT molecular complexity index is 353. The molecule has 1 aromatic heterocycles. The van der Waals surface area contributed by atoms with Crippen molar-refractivity contribution in [1.82, 2.24) is 20.6 Å². The van der Waals surface area contributed by atoms with Crippen LogP contribution >= 0.6 is 0 Å². The summed E-state index contributed by atoms with van der Waals surface area (Å²) in [5.74, 6) is 0.543. The molecule has 0 atom stereocenters. The molecule has 59 valence electrons. The summed E-state index contributed by atoms with van der Waals surface area (Å²) < 4.78 is 0. The number of tetrazole rings is 1. The number of rotatable bonds is 1. The van der Waals surface area contributed by atoms with Gasteiger partial charge in [0.25, 0.3) is 0 Å². The largest absolute Gasteiger partial charge is 0.290 e. The standard InChI is InChI=1S/C7H5N4O/c12-6-3-1-5(2-4-6)7-8-10-11-9-7/h1-4H,(H,8,9,10,11). The van der Waals surface area contributed by atoms with Crippen LogP contribution in [-0.2, 0) is 5.11 Å². The zero-order valence-electron chi connectivity index (χ0n) is 6.06. The number of hydrogen-bond acceptors (Lipinski definition) is 3. The minimum atomic E-state index is -0.0220. The second-order valence-electron chi connectivity index (χ2n) is 2.27. The van der Waals surface area contributed by atoms with Gasteiger partial charge >= 0.3 is 0 Å². The minimum absolute atomic E-state index is 0.0220. The van der Waals surface area contributed by atoms with Gasteiger partial charge in [0.2, 0.25) is 0 Å². The molecule has 0 bridgehead atoms. The molecule has 0 fully saturated rings. The van der Waals surface area contributed by atoms with Crippen molar-refractivity contribution in [2.24, 2.45) is 0 Å². The van der Waals surface area contributed by atoms with Crippen molar-refractivity contribution in [3.05, 3.63) is 24.3 Å². The van der Waals surface area contributed by atoms with Crippen LogP contribution in [0.1, 0.15) is 0 Å². The fourth-order valence-corrected chi connectivity index (χ4v) is 0.894. The van der Waals surface area contributed by atoms with Crippen molar-refractivity contribution in [2.75, 3.05) is 0 Å². The van der Waals surface area contributed by atoms with Crippen LogP contribution in [0.15, 0.2) is 24.3 Å². The summed E-state index contributed by atoms with van der Waals surface area (Å²) in [5, 5.41) is 23.9. The molecular weight excluding hydrogens is 156 g/mol. The first kappa shape index (κ1) is 6.78. The van der Waals surface area contributed by atoms with Gasteiger partial charge in [0, 0.05) is 5.56 Å². The van der Waals surface area contributed by atoms with E-state index in [1.807, 2.05) is 0 Å². The topological polar surface area (TPSA) is 74.4 Å². The zero-order chi connectivity index (χ0) is 8.39. The fraction of sp³-hybridized carbons (Fsp3) is 0. The molecule has 1 radical (unpaired) electrons. The number of H-pyrrole nitrogens is 1. The summed E-state index contributed by atoms with van der Waals surface area (Å²) in [6, 6.07) is 6.28. The second-order valence-corrected chi connectivity index (χ2v) is 2.27. The van der Waals surface area contributed by atoms with Crippen molar-refractivity contribution >= 4 is 0 Å². The Morgan fingerprint density at radius 1 is 1.17 bits per heavy atom. The summed E-state index contributed by atoms with van der Waals surface area (Å²) in [7, 11) is 0. The smallest absolute Gasteiger partial charge is 0.179 e. The molecular formula is C7H5N4O. The summed E-state index contributed by atoms with van der Waals surface area (Å²) >= 11 is 0. The van der Waals surface area contributed by atoms with Crippen molar-refractivity contribution in [2.45, 2.75) is 0 Å². The Hall–Kier alpha value is -1.91. The Kier molecular flexibility index (Phi) is 1.48. The van der Waals surface area contributed by atoms with Crippen LogP contribution in [0.4, 0.5) is 0 Å². The van der Waals surface area contributed by atoms with E-state index < -0.39 is 0 Å². The van der Waals surface area contributed by atoms with E-state index in [0.717, 1.165) is 5.56 Å². The molecule has 2 rings (SSSR count). The number of benzene rings is 1. The summed E-state index contributed by atoms with van der Waals surface area (Å²) in [5.41, 5.74) is 0.805. The van der Waals surface area contributed by atoms with Gasteiger partial charge in [-0.15, -0.1) is 5.10 Å². The van der Waals surface area contributed by atoms with E-state index in [2.05, 4.69) is 20.6 Å². The third-order valence-corrected chi connectivity index (χ3v) is 1.47. The van der Waals surface area contributed by atoms with Crippen LogP contribution in [0.3, 0.4) is 0 Å². The number of aromatic nitrogens is 4. The lowest BCUT2D eigenvalue weighted by Gasteiger charge is -1.92. The quantitative estimate of drug-likeness (QED) is 0.678. The van der Waals surface area contributed by atoms with E-state index in [4.69, 9.17) is 0 Å². The molecule has 0 saturated heterocycles.